The van der Waals surface area contributed by atoms with Crippen LogP contribution < -0.4 is 9.62 Å². The van der Waals surface area contributed by atoms with Gasteiger partial charge in [0.15, 0.2) is 0 Å². The third-order valence-corrected chi connectivity index (χ3v) is 9.10. The van der Waals surface area contributed by atoms with E-state index >= 15 is 0 Å². The molecule has 0 heterocycles. The predicted octanol–water partition coefficient (Wildman–Crippen LogP) is 6.28. The Morgan fingerprint density at radius 3 is 2.28 bits per heavy atom. The molecule has 0 saturated heterocycles. The fourth-order valence-electron chi connectivity index (χ4n) is 3.76. The van der Waals surface area contributed by atoms with Gasteiger partial charge in [-0.05, 0) is 68.3 Å². The lowest BCUT2D eigenvalue weighted by Gasteiger charge is -2.32. The van der Waals surface area contributed by atoms with Crippen molar-refractivity contribution in [2.75, 3.05) is 10.8 Å². The molecular weight excluding hydrogens is 625 g/mol. The van der Waals surface area contributed by atoms with E-state index in [0.717, 1.165) is 4.31 Å². The summed E-state index contributed by atoms with van der Waals surface area (Å²) in [6, 6.07) is 18.4. The van der Waals surface area contributed by atoms with Crippen molar-refractivity contribution in [1.82, 2.24) is 10.2 Å². The van der Waals surface area contributed by atoms with Crippen LogP contribution in [0, 0.1) is 0 Å². The van der Waals surface area contributed by atoms with E-state index in [1.54, 1.807) is 67.6 Å². The Labute approximate surface area is 248 Å². The second-order valence-corrected chi connectivity index (χ2v) is 12.7. The van der Waals surface area contributed by atoms with Crippen molar-refractivity contribution in [2.45, 2.75) is 50.7 Å². The Kier molecular flexibility index (Phi) is 10.8. The van der Waals surface area contributed by atoms with Gasteiger partial charge in [0, 0.05) is 27.1 Å². The van der Waals surface area contributed by atoms with Gasteiger partial charge in [0.1, 0.15) is 12.6 Å². The Morgan fingerprint density at radius 1 is 0.974 bits per heavy atom. The zero-order chi connectivity index (χ0) is 28.7. The Bertz CT molecular complexity index is 1420. The van der Waals surface area contributed by atoms with Gasteiger partial charge in [-0.2, -0.15) is 0 Å². The lowest BCUT2D eigenvalue weighted by molar-refractivity contribution is -0.139. The predicted molar refractivity (Wildman–Crippen MR) is 159 cm³/mol. The van der Waals surface area contributed by atoms with Gasteiger partial charge in [0.05, 0.1) is 10.6 Å². The monoisotopic (exact) mass is 653 g/mol. The number of nitrogens with zero attached hydrogens (tertiary/aromatic N) is 2. The topological polar surface area (TPSA) is 86.8 Å². The fraction of sp³-hybridized carbons (Fsp3) is 0.286. The maximum Gasteiger partial charge on any atom is 0.264 e. The van der Waals surface area contributed by atoms with Crippen LogP contribution in [0.5, 0.6) is 0 Å². The van der Waals surface area contributed by atoms with Gasteiger partial charge in [0.25, 0.3) is 10.0 Å². The molecule has 11 heteroatoms. The van der Waals surface area contributed by atoms with Crippen molar-refractivity contribution >= 4 is 66.7 Å². The highest BCUT2D eigenvalue weighted by Gasteiger charge is 2.33. The fourth-order valence-corrected chi connectivity index (χ4v) is 6.04. The molecule has 0 spiro atoms. The number of amides is 2. The minimum Gasteiger partial charge on any atom is -0.352 e. The summed E-state index contributed by atoms with van der Waals surface area (Å²) in [4.78, 5) is 28.4. The second-order valence-electron chi connectivity index (χ2n) is 9.06. The zero-order valence-electron chi connectivity index (χ0n) is 21.8. The van der Waals surface area contributed by atoms with E-state index in [-0.39, 0.29) is 23.4 Å². The number of hydrogen-bond donors (Lipinski definition) is 1. The van der Waals surface area contributed by atoms with Crippen molar-refractivity contribution < 1.29 is 18.0 Å². The molecule has 0 radical (unpaired) electrons. The normalized spacial score (nSPS) is 12.9. The molecule has 7 nitrogen and oxygen atoms in total. The second kappa shape index (κ2) is 13.7. The van der Waals surface area contributed by atoms with Crippen molar-refractivity contribution in [3.05, 3.63) is 92.9 Å². The van der Waals surface area contributed by atoms with Crippen molar-refractivity contribution in [3.63, 3.8) is 0 Å². The summed E-state index contributed by atoms with van der Waals surface area (Å²) in [7, 11) is -4.13. The van der Waals surface area contributed by atoms with Gasteiger partial charge in [-0.15, -0.1) is 0 Å². The van der Waals surface area contributed by atoms with Crippen LogP contribution in [-0.4, -0.2) is 43.8 Å². The van der Waals surface area contributed by atoms with Gasteiger partial charge >= 0.3 is 0 Å². The number of sulfonamides is 1. The van der Waals surface area contributed by atoms with Crippen molar-refractivity contribution in [3.8, 4) is 0 Å². The van der Waals surface area contributed by atoms with Crippen molar-refractivity contribution in [1.29, 1.82) is 0 Å². The quantitative estimate of drug-likeness (QED) is 0.264. The molecule has 208 valence electrons. The van der Waals surface area contributed by atoms with Gasteiger partial charge < -0.3 is 10.2 Å². The molecule has 1 N–H and O–H groups in total. The van der Waals surface area contributed by atoms with E-state index in [1.165, 1.54) is 17.0 Å². The molecule has 0 aliphatic heterocycles. The molecule has 0 saturated carbocycles. The van der Waals surface area contributed by atoms with E-state index in [4.69, 9.17) is 23.2 Å². The summed E-state index contributed by atoms with van der Waals surface area (Å²) in [6.45, 7) is 4.85. The van der Waals surface area contributed by atoms with Crippen LogP contribution >= 0.6 is 39.1 Å². The van der Waals surface area contributed by atoms with Gasteiger partial charge in [-0.1, -0.05) is 76.4 Å². The summed E-state index contributed by atoms with van der Waals surface area (Å²) in [5, 5.41) is 3.66. The molecule has 3 aromatic carbocycles. The first-order valence-electron chi connectivity index (χ1n) is 12.3. The largest absolute Gasteiger partial charge is 0.352 e. The summed E-state index contributed by atoms with van der Waals surface area (Å²) in [5.74, 6) is -0.935. The number of carbonyl (C=O) groups excluding carboxylic acids is 2. The van der Waals surface area contributed by atoms with Crippen molar-refractivity contribution in [2.24, 2.45) is 0 Å². The molecule has 0 unspecified atom stereocenters. The lowest BCUT2D eigenvalue weighted by atomic mass is 10.1. The minimum absolute atomic E-state index is 0.0262. The number of rotatable bonds is 11. The molecule has 0 aromatic heterocycles. The molecular formula is C28H30BrCl2N3O4S. The van der Waals surface area contributed by atoms with Crippen LogP contribution in [0.2, 0.25) is 10.0 Å². The van der Waals surface area contributed by atoms with Crippen LogP contribution in [0.3, 0.4) is 0 Å². The molecule has 2 amide bonds. The molecule has 0 fully saturated rings. The molecule has 0 bridgehead atoms. The first-order chi connectivity index (χ1) is 18.4. The molecule has 3 rings (SSSR count). The zero-order valence-corrected chi connectivity index (χ0v) is 25.7. The van der Waals surface area contributed by atoms with Crippen LogP contribution in [0.15, 0.2) is 82.2 Å². The molecule has 0 aliphatic rings. The van der Waals surface area contributed by atoms with Crippen LogP contribution in [0.25, 0.3) is 0 Å². The van der Waals surface area contributed by atoms with E-state index in [2.05, 4.69) is 21.2 Å². The molecule has 0 aliphatic carbocycles. The highest BCUT2D eigenvalue weighted by atomic mass is 79.9. The first-order valence-corrected chi connectivity index (χ1v) is 15.3. The van der Waals surface area contributed by atoms with Crippen LogP contribution in [0.4, 0.5) is 5.69 Å². The van der Waals surface area contributed by atoms with Crippen LogP contribution in [0.1, 0.15) is 32.8 Å². The lowest BCUT2D eigenvalue weighted by Crippen LogP contribution is -2.52. The van der Waals surface area contributed by atoms with Gasteiger partial charge in [0.2, 0.25) is 11.8 Å². The summed E-state index contributed by atoms with van der Waals surface area (Å²) in [6.07, 6.45) is 0.710. The average Bonchev–Trinajstić information content (AvgIpc) is 2.91. The van der Waals surface area contributed by atoms with Gasteiger partial charge in [-0.25, -0.2) is 8.42 Å². The minimum atomic E-state index is -4.13. The smallest absolute Gasteiger partial charge is 0.264 e. The number of nitrogens with one attached hydrogen (secondary N) is 1. The average molecular weight is 655 g/mol. The SMILES string of the molecule is CC[C@@H](C)NC(=O)[C@H](C)N(Cc1ccc(Cl)cc1Cl)C(=O)CN(c1cccc(Br)c1)S(=O)(=O)c1ccccc1. The summed E-state index contributed by atoms with van der Waals surface area (Å²) < 4.78 is 29.2. The number of hydrogen-bond acceptors (Lipinski definition) is 4. The first kappa shape index (κ1) is 30.9. The van der Waals surface area contributed by atoms with E-state index in [9.17, 15) is 18.0 Å². The highest BCUT2D eigenvalue weighted by Crippen LogP contribution is 2.28. The molecule has 2 atom stereocenters. The third kappa shape index (κ3) is 7.97. The maximum atomic E-state index is 13.9. The van der Waals surface area contributed by atoms with E-state index in [1.807, 2.05) is 13.8 Å². The number of halogens is 3. The standard InChI is InChI=1S/C28H30BrCl2N3O4S/c1-4-19(2)32-28(36)20(3)33(17-21-13-14-23(30)16-26(21)31)27(35)18-34(24-10-8-9-22(29)15-24)39(37,38)25-11-6-5-7-12-25/h5-16,19-20H,4,17-18H2,1-3H3,(H,32,36)/t19-,20+/m1/s1. The molecule has 3 aromatic rings. The number of benzene rings is 3. The Balaban J connectivity index is 2.04. The number of carbonyl (C=O) groups is 2. The van der Waals surface area contributed by atoms with Crippen LogP contribution in [-0.2, 0) is 26.2 Å². The summed E-state index contributed by atoms with van der Waals surface area (Å²) in [5.41, 5.74) is 0.861. The van der Waals surface area contributed by atoms with E-state index < -0.39 is 28.5 Å². The number of anilines is 1. The maximum absolute atomic E-state index is 13.9. The Hall–Kier alpha value is -2.59. The highest BCUT2D eigenvalue weighted by molar-refractivity contribution is 9.10. The van der Waals surface area contributed by atoms with E-state index in [0.29, 0.717) is 32.2 Å². The Morgan fingerprint density at radius 2 is 1.67 bits per heavy atom. The third-order valence-electron chi connectivity index (χ3n) is 6.23. The van der Waals surface area contributed by atoms with Gasteiger partial charge in [-0.3, -0.25) is 13.9 Å². The molecule has 39 heavy (non-hydrogen) atoms. The summed E-state index contributed by atoms with van der Waals surface area (Å²) >= 11 is 15.8.